The Balaban J connectivity index is 2.63. The van der Waals surface area contributed by atoms with Crippen LogP contribution in [0.4, 0.5) is 0 Å². The highest BCUT2D eigenvalue weighted by atomic mass is 16.1. The summed E-state index contributed by atoms with van der Waals surface area (Å²) in [7, 11) is 0. The van der Waals surface area contributed by atoms with Gasteiger partial charge in [0, 0.05) is 12.6 Å². The van der Waals surface area contributed by atoms with Gasteiger partial charge in [0.25, 0.3) is 5.56 Å². The highest BCUT2D eigenvalue weighted by Crippen LogP contribution is 2.14. The van der Waals surface area contributed by atoms with Gasteiger partial charge < -0.3 is 5.32 Å². The van der Waals surface area contributed by atoms with E-state index < -0.39 is 0 Å². The minimum atomic E-state index is 0.0421. The summed E-state index contributed by atoms with van der Waals surface area (Å²) in [5.74, 6) is 0.805. The van der Waals surface area contributed by atoms with Gasteiger partial charge in [-0.1, -0.05) is 26.0 Å². The van der Waals surface area contributed by atoms with Gasteiger partial charge in [0.15, 0.2) is 0 Å². The van der Waals surface area contributed by atoms with Gasteiger partial charge >= 0.3 is 0 Å². The lowest BCUT2D eigenvalue weighted by molar-refractivity contribution is 0.462. The van der Waals surface area contributed by atoms with Crippen LogP contribution in [0.25, 0.3) is 10.9 Å². The Labute approximate surface area is 113 Å². The molecule has 0 fully saturated rings. The van der Waals surface area contributed by atoms with Crippen LogP contribution in [0.1, 0.15) is 39.6 Å². The van der Waals surface area contributed by atoms with Gasteiger partial charge in [0.2, 0.25) is 0 Å². The number of rotatable bonds is 4. The molecule has 1 atom stereocenters. The molecule has 1 N–H and O–H groups in total. The van der Waals surface area contributed by atoms with Gasteiger partial charge in [0.05, 0.1) is 16.9 Å². The van der Waals surface area contributed by atoms with Crippen molar-refractivity contribution in [2.75, 3.05) is 0 Å². The quantitative estimate of drug-likeness (QED) is 0.917. The molecule has 4 heteroatoms. The third-order valence-corrected chi connectivity index (χ3v) is 3.18. The van der Waals surface area contributed by atoms with Crippen molar-refractivity contribution in [3.63, 3.8) is 0 Å². The van der Waals surface area contributed by atoms with E-state index >= 15 is 0 Å². The first kappa shape index (κ1) is 13.7. The molecule has 0 aliphatic carbocycles. The molecule has 19 heavy (non-hydrogen) atoms. The summed E-state index contributed by atoms with van der Waals surface area (Å²) in [6, 6.07) is 7.92. The predicted molar refractivity (Wildman–Crippen MR) is 78.4 cm³/mol. The van der Waals surface area contributed by atoms with Gasteiger partial charge in [0.1, 0.15) is 5.82 Å². The Kier molecular flexibility index (Phi) is 4.00. The minimum Gasteiger partial charge on any atom is -0.305 e. The topological polar surface area (TPSA) is 46.9 Å². The summed E-state index contributed by atoms with van der Waals surface area (Å²) in [6.45, 7) is 8.83. The molecule has 4 nitrogen and oxygen atoms in total. The molecule has 2 aromatic rings. The number of nitrogens with one attached hydrogen (secondary N) is 1. The van der Waals surface area contributed by atoms with E-state index in [4.69, 9.17) is 0 Å². The Bertz CT molecular complexity index is 631. The summed E-state index contributed by atoms with van der Waals surface area (Å²) >= 11 is 0. The smallest absolute Gasteiger partial charge is 0.261 e. The maximum absolute atomic E-state index is 12.5. The molecule has 0 unspecified atom stereocenters. The fourth-order valence-electron chi connectivity index (χ4n) is 2.40. The van der Waals surface area contributed by atoms with Gasteiger partial charge in [-0.3, -0.25) is 9.36 Å². The third-order valence-electron chi connectivity index (χ3n) is 3.18. The lowest BCUT2D eigenvalue weighted by Crippen LogP contribution is -2.33. The number of nitrogens with zero attached hydrogens (tertiary/aromatic N) is 2. The maximum atomic E-state index is 12.5. The highest BCUT2D eigenvalue weighted by molar-refractivity contribution is 5.77. The molecule has 102 valence electrons. The number of aromatic nitrogens is 2. The number of benzene rings is 1. The summed E-state index contributed by atoms with van der Waals surface area (Å²) < 4.78 is 1.75. The van der Waals surface area contributed by atoms with E-state index in [0.717, 1.165) is 11.3 Å². The molecule has 0 radical (unpaired) electrons. The fourth-order valence-corrected chi connectivity index (χ4v) is 2.40. The zero-order valence-corrected chi connectivity index (χ0v) is 12.0. The van der Waals surface area contributed by atoms with Crippen molar-refractivity contribution in [1.82, 2.24) is 14.9 Å². The van der Waals surface area contributed by atoms with E-state index in [9.17, 15) is 4.79 Å². The summed E-state index contributed by atoms with van der Waals surface area (Å²) in [6.07, 6.45) is 0. The van der Waals surface area contributed by atoms with E-state index in [2.05, 4.69) is 24.1 Å². The minimum absolute atomic E-state index is 0.0421. The average molecular weight is 259 g/mol. The molecular weight excluding hydrogens is 238 g/mol. The van der Waals surface area contributed by atoms with Crippen LogP contribution < -0.4 is 10.9 Å². The van der Waals surface area contributed by atoms with Crippen LogP contribution in [0.15, 0.2) is 29.1 Å². The van der Waals surface area contributed by atoms with Crippen LogP contribution in [-0.2, 0) is 6.54 Å². The second-order valence-corrected chi connectivity index (χ2v) is 5.08. The normalized spacial score (nSPS) is 13.1. The Hall–Kier alpha value is -1.68. The van der Waals surface area contributed by atoms with E-state index in [0.29, 0.717) is 18.0 Å². The first-order chi connectivity index (χ1) is 9.04. The van der Waals surface area contributed by atoms with Gasteiger partial charge in [-0.2, -0.15) is 0 Å². The third kappa shape index (κ3) is 2.68. The van der Waals surface area contributed by atoms with Crippen molar-refractivity contribution in [3.8, 4) is 0 Å². The molecule has 0 saturated carbocycles. The molecule has 1 aromatic heterocycles. The van der Waals surface area contributed by atoms with Crippen molar-refractivity contribution in [2.45, 2.75) is 46.3 Å². The zero-order chi connectivity index (χ0) is 14.0. The molecule has 1 aromatic carbocycles. The van der Waals surface area contributed by atoms with E-state index in [1.54, 1.807) is 4.57 Å². The summed E-state index contributed by atoms with van der Waals surface area (Å²) in [5.41, 5.74) is 0.810. The molecule has 1 heterocycles. The lowest BCUT2D eigenvalue weighted by atomic mass is 10.2. The largest absolute Gasteiger partial charge is 0.305 e. The summed E-state index contributed by atoms with van der Waals surface area (Å²) in [5, 5.41) is 4.09. The molecule has 0 aliphatic heterocycles. The second kappa shape index (κ2) is 5.53. The second-order valence-electron chi connectivity index (χ2n) is 5.08. The standard InChI is InChI=1S/C15H21N3O/c1-5-18-14(11(4)16-10(2)3)17-13-9-7-6-8-12(13)15(18)19/h6-11,16H,5H2,1-4H3/t11-/m0/s1. The molecular formula is C15H21N3O. The van der Waals surface area contributed by atoms with Crippen LogP contribution in [0, 0.1) is 0 Å². The molecule has 0 aliphatic rings. The Morgan fingerprint density at radius 2 is 1.95 bits per heavy atom. The van der Waals surface area contributed by atoms with E-state index in [1.165, 1.54) is 0 Å². The molecule has 0 spiro atoms. The highest BCUT2D eigenvalue weighted by Gasteiger charge is 2.15. The van der Waals surface area contributed by atoms with Crippen molar-refractivity contribution < 1.29 is 0 Å². The van der Waals surface area contributed by atoms with E-state index in [1.807, 2.05) is 38.1 Å². The number of hydrogen-bond donors (Lipinski definition) is 1. The van der Waals surface area contributed by atoms with Gasteiger partial charge in [-0.15, -0.1) is 0 Å². The van der Waals surface area contributed by atoms with Gasteiger partial charge in [-0.25, -0.2) is 4.98 Å². The zero-order valence-electron chi connectivity index (χ0n) is 12.0. The monoisotopic (exact) mass is 259 g/mol. The predicted octanol–water partition coefficient (Wildman–Crippen LogP) is 2.48. The van der Waals surface area contributed by atoms with Gasteiger partial charge in [-0.05, 0) is 26.0 Å². The van der Waals surface area contributed by atoms with Crippen molar-refractivity contribution in [2.24, 2.45) is 0 Å². The average Bonchev–Trinajstić information content (AvgIpc) is 2.38. The lowest BCUT2D eigenvalue weighted by Gasteiger charge is -2.20. The first-order valence-corrected chi connectivity index (χ1v) is 6.80. The maximum Gasteiger partial charge on any atom is 0.261 e. The summed E-state index contributed by atoms with van der Waals surface area (Å²) in [4.78, 5) is 17.1. The van der Waals surface area contributed by atoms with Crippen LogP contribution in [-0.4, -0.2) is 15.6 Å². The van der Waals surface area contributed by atoms with Crippen LogP contribution in [0.5, 0.6) is 0 Å². The molecule has 2 rings (SSSR count). The van der Waals surface area contributed by atoms with Crippen molar-refractivity contribution in [3.05, 3.63) is 40.4 Å². The van der Waals surface area contributed by atoms with Crippen molar-refractivity contribution in [1.29, 1.82) is 0 Å². The SMILES string of the molecule is CCn1c([C@H](C)NC(C)C)nc2ccccc2c1=O. The number of hydrogen-bond acceptors (Lipinski definition) is 3. The molecule has 0 saturated heterocycles. The van der Waals surface area contributed by atoms with Crippen LogP contribution in [0.2, 0.25) is 0 Å². The Morgan fingerprint density at radius 1 is 1.26 bits per heavy atom. The molecule has 0 bridgehead atoms. The fraction of sp³-hybridized carbons (Fsp3) is 0.467. The first-order valence-electron chi connectivity index (χ1n) is 6.80. The van der Waals surface area contributed by atoms with Crippen LogP contribution in [0.3, 0.4) is 0 Å². The van der Waals surface area contributed by atoms with E-state index in [-0.39, 0.29) is 11.6 Å². The number of para-hydroxylation sites is 1. The number of fused-ring (bicyclic) bond motifs is 1. The molecule has 0 amide bonds. The van der Waals surface area contributed by atoms with Crippen LogP contribution >= 0.6 is 0 Å². The van der Waals surface area contributed by atoms with Crippen molar-refractivity contribution >= 4 is 10.9 Å². The Morgan fingerprint density at radius 3 is 2.58 bits per heavy atom.